The lowest BCUT2D eigenvalue weighted by molar-refractivity contribution is 1.21. The zero-order valence-corrected chi connectivity index (χ0v) is 14.5. The van der Waals surface area contributed by atoms with Crippen molar-refractivity contribution in [2.45, 2.75) is 0 Å². The second kappa shape index (κ2) is 6.43. The minimum Gasteiger partial charge on any atom is -0.397 e. The second-order valence-corrected chi connectivity index (χ2v) is 6.26. The molecule has 5 heteroatoms. The number of benzene rings is 3. The van der Waals surface area contributed by atoms with E-state index in [4.69, 9.17) is 18.0 Å². The molecule has 0 aliphatic heterocycles. The highest BCUT2D eigenvalue weighted by molar-refractivity contribution is 7.71. The van der Waals surface area contributed by atoms with Gasteiger partial charge in [-0.25, -0.2) is 4.98 Å². The SMILES string of the molecule is N#Cc1c(-c2ccccc2)cc2[nH]c(-c3ccccc3)nc(=S)c2c1N. The average molecular weight is 354 g/mol. The van der Waals surface area contributed by atoms with Crippen LogP contribution in [0.2, 0.25) is 0 Å². The van der Waals surface area contributed by atoms with Crippen LogP contribution in [0.15, 0.2) is 66.7 Å². The lowest BCUT2D eigenvalue weighted by atomic mass is 9.96. The van der Waals surface area contributed by atoms with Gasteiger partial charge in [-0.05, 0) is 11.6 Å². The van der Waals surface area contributed by atoms with E-state index >= 15 is 0 Å². The standard InChI is InChI=1S/C21H14N4S/c22-12-16-15(13-7-3-1-4-8-13)11-17-18(19(16)23)21(26)25-20(24-17)14-9-5-2-6-10-14/h1-11H,23H2,(H,24,25,26). The Morgan fingerprint density at radius 3 is 2.19 bits per heavy atom. The van der Waals surface area contributed by atoms with Gasteiger partial charge >= 0.3 is 0 Å². The molecule has 0 aliphatic rings. The molecule has 0 amide bonds. The highest BCUT2D eigenvalue weighted by Crippen LogP contribution is 2.34. The lowest BCUT2D eigenvalue weighted by Gasteiger charge is -2.12. The molecule has 4 nitrogen and oxygen atoms in total. The summed E-state index contributed by atoms with van der Waals surface area (Å²) < 4.78 is 0.381. The number of hydrogen-bond acceptors (Lipinski definition) is 4. The fraction of sp³-hybridized carbons (Fsp3) is 0. The van der Waals surface area contributed by atoms with Gasteiger partial charge in [0.05, 0.1) is 22.2 Å². The Hall–Kier alpha value is -3.49. The van der Waals surface area contributed by atoms with Crippen LogP contribution in [0.3, 0.4) is 0 Å². The van der Waals surface area contributed by atoms with E-state index < -0.39 is 0 Å². The van der Waals surface area contributed by atoms with Gasteiger partial charge in [0.1, 0.15) is 16.5 Å². The van der Waals surface area contributed by atoms with E-state index in [0.717, 1.165) is 22.2 Å². The van der Waals surface area contributed by atoms with Crippen LogP contribution in [0.5, 0.6) is 0 Å². The molecule has 0 saturated carbocycles. The second-order valence-electron chi connectivity index (χ2n) is 5.87. The van der Waals surface area contributed by atoms with Crippen LogP contribution >= 0.6 is 12.2 Å². The predicted molar refractivity (Wildman–Crippen MR) is 107 cm³/mol. The monoisotopic (exact) mass is 354 g/mol. The van der Waals surface area contributed by atoms with E-state index in [2.05, 4.69) is 16.0 Å². The number of nitrogens with one attached hydrogen (secondary N) is 1. The molecular weight excluding hydrogens is 340 g/mol. The van der Waals surface area contributed by atoms with Gasteiger partial charge in [-0.3, -0.25) is 0 Å². The Kier molecular flexibility index (Phi) is 3.96. The van der Waals surface area contributed by atoms with Crippen LogP contribution in [0.25, 0.3) is 33.4 Å². The smallest absolute Gasteiger partial charge is 0.140 e. The maximum atomic E-state index is 9.65. The van der Waals surface area contributed by atoms with E-state index in [0.29, 0.717) is 27.1 Å². The van der Waals surface area contributed by atoms with E-state index in [1.54, 1.807) is 0 Å². The molecule has 124 valence electrons. The average Bonchev–Trinajstić information content (AvgIpc) is 2.68. The number of hydrogen-bond donors (Lipinski definition) is 2. The van der Waals surface area contributed by atoms with E-state index in [-0.39, 0.29) is 0 Å². The van der Waals surface area contributed by atoms with Crippen molar-refractivity contribution in [1.82, 2.24) is 9.97 Å². The van der Waals surface area contributed by atoms with Crippen molar-refractivity contribution in [2.24, 2.45) is 0 Å². The summed E-state index contributed by atoms with van der Waals surface area (Å²) >= 11 is 5.48. The van der Waals surface area contributed by atoms with Crippen LogP contribution in [0, 0.1) is 16.0 Å². The molecule has 4 rings (SSSR count). The highest BCUT2D eigenvalue weighted by atomic mass is 32.1. The van der Waals surface area contributed by atoms with Crippen LogP contribution in [-0.4, -0.2) is 9.97 Å². The molecule has 1 heterocycles. The van der Waals surface area contributed by atoms with Crippen LogP contribution < -0.4 is 5.73 Å². The van der Waals surface area contributed by atoms with E-state index in [1.807, 2.05) is 66.7 Å². The fourth-order valence-corrected chi connectivity index (χ4v) is 3.36. The number of H-pyrrole nitrogens is 1. The number of nitrogen functional groups attached to an aromatic ring is 1. The van der Waals surface area contributed by atoms with Gasteiger partial charge in [0.2, 0.25) is 0 Å². The van der Waals surface area contributed by atoms with Crippen molar-refractivity contribution in [3.05, 3.63) is 76.9 Å². The molecule has 0 fully saturated rings. The molecule has 26 heavy (non-hydrogen) atoms. The summed E-state index contributed by atoms with van der Waals surface area (Å²) in [6.45, 7) is 0. The highest BCUT2D eigenvalue weighted by Gasteiger charge is 2.15. The lowest BCUT2D eigenvalue weighted by Crippen LogP contribution is -2.00. The van der Waals surface area contributed by atoms with Gasteiger partial charge in [0.25, 0.3) is 0 Å². The Labute approximate surface area is 155 Å². The topological polar surface area (TPSA) is 78.5 Å². The molecule has 0 spiro atoms. The number of rotatable bonds is 2. The summed E-state index contributed by atoms with van der Waals surface area (Å²) in [5, 5.41) is 10.3. The van der Waals surface area contributed by atoms with Crippen molar-refractivity contribution in [3.63, 3.8) is 0 Å². The van der Waals surface area contributed by atoms with E-state index in [9.17, 15) is 5.26 Å². The summed E-state index contributed by atoms with van der Waals surface area (Å²) in [5.41, 5.74) is 10.5. The molecule has 3 N–H and O–H groups in total. The van der Waals surface area contributed by atoms with Crippen LogP contribution in [0.4, 0.5) is 5.69 Å². The number of nitrogens with zero attached hydrogens (tertiary/aromatic N) is 2. The fourth-order valence-electron chi connectivity index (χ4n) is 3.04. The summed E-state index contributed by atoms with van der Waals surface area (Å²) in [7, 11) is 0. The van der Waals surface area contributed by atoms with Crippen molar-refractivity contribution in [1.29, 1.82) is 5.26 Å². The molecule has 3 aromatic carbocycles. The van der Waals surface area contributed by atoms with Crippen molar-refractivity contribution in [3.8, 4) is 28.6 Å². The third-order valence-corrected chi connectivity index (χ3v) is 4.59. The number of fused-ring (bicyclic) bond motifs is 1. The Morgan fingerprint density at radius 2 is 1.58 bits per heavy atom. The largest absolute Gasteiger partial charge is 0.397 e. The molecule has 0 unspecified atom stereocenters. The normalized spacial score (nSPS) is 10.6. The molecule has 0 saturated heterocycles. The van der Waals surface area contributed by atoms with Crippen molar-refractivity contribution < 1.29 is 0 Å². The minimum absolute atomic E-state index is 0.359. The maximum Gasteiger partial charge on any atom is 0.140 e. The van der Waals surface area contributed by atoms with Gasteiger partial charge < -0.3 is 10.7 Å². The molecule has 4 aromatic rings. The van der Waals surface area contributed by atoms with Crippen LogP contribution in [0.1, 0.15) is 5.56 Å². The molecular formula is C21H14N4S. The number of anilines is 1. The van der Waals surface area contributed by atoms with Gasteiger partial charge in [0, 0.05) is 11.1 Å². The van der Waals surface area contributed by atoms with Gasteiger partial charge in [-0.15, -0.1) is 0 Å². The summed E-state index contributed by atoms with van der Waals surface area (Å²) in [6.07, 6.45) is 0. The number of aromatic nitrogens is 2. The molecule has 0 aliphatic carbocycles. The van der Waals surface area contributed by atoms with Crippen molar-refractivity contribution in [2.75, 3.05) is 5.73 Å². The molecule has 0 atom stereocenters. The summed E-state index contributed by atoms with van der Waals surface area (Å²) in [4.78, 5) is 7.80. The number of nitrogens with two attached hydrogens (primary N) is 1. The third kappa shape index (κ3) is 2.63. The first-order valence-electron chi connectivity index (χ1n) is 8.06. The predicted octanol–water partition coefficient (Wildman–Crippen LogP) is 5.08. The third-order valence-electron chi connectivity index (χ3n) is 4.29. The van der Waals surface area contributed by atoms with Gasteiger partial charge in [-0.1, -0.05) is 72.9 Å². The Balaban J connectivity index is 2.06. The first-order chi connectivity index (χ1) is 12.7. The summed E-state index contributed by atoms with van der Waals surface area (Å²) in [6, 6.07) is 23.6. The van der Waals surface area contributed by atoms with Gasteiger partial charge in [0.15, 0.2) is 0 Å². The Morgan fingerprint density at radius 1 is 0.962 bits per heavy atom. The zero-order valence-electron chi connectivity index (χ0n) is 13.7. The number of nitriles is 1. The van der Waals surface area contributed by atoms with E-state index in [1.165, 1.54) is 0 Å². The first kappa shape index (κ1) is 16.0. The molecule has 0 bridgehead atoms. The maximum absolute atomic E-state index is 9.65. The number of aromatic amines is 1. The first-order valence-corrected chi connectivity index (χ1v) is 8.47. The minimum atomic E-state index is 0.359. The van der Waals surface area contributed by atoms with Crippen LogP contribution in [-0.2, 0) is 0 Å². The summed E-state index contributed by atoms with van der Waals surface area (Å²) in [5.74, 6) is 0.672. The van der Waals surface area contributed by atoms with Gasteiger partial charge in [-0.2, -0.15) is 5.26 Å². The molecule has 0 radical (unpaired) electrons. The molecule has 1 aromatic heterocycles. The van der Waals surface area contributed by atoms with Crippen molar-refractivity contribution >= 4 is 28.8 Å². The zero-order chi connectivity index (χ0) is 18.1. The quantitative estimate of drug-likeness (QED) is 0.389. The Bertz CT molecular complexity index is 1210.